The second kappa shape index (κ2) is 7.73. The predicted molar refractivity (Wildman–Crippen MR) is 125 cm³/mol. The molecule has 0 radical (unpaired) electrons. The molecule has 1 N–H and O–H groups in total. The summed E-state index contributed by atoms with van der Waals surface area (Å²) in [4.78, 5) is 21.9. The van der Waals surface area contributed by atoms with Crippen molar-refractivity contribution in [3.8, 4) is 0 Å². The number of hydrogen-bond acceptors (Lipinski definition) is 5. The van der Waals surface area contributed by atoms with Gasteiger partial charge in [0.05, 0.1) is 23.3 Å². The lowest BCUT2D eigenvalue weighted by Crippen LogP contribution is -2.38. The fourth-order valence-electron chi connectivity index (χ4n) is 4.58. The molecule has 4 nitrogen and oxygen atoms in total. The minimum atomic E-state index is -0.237. The predicted octanol–water partition coefficient (Wildman–Crippen LogP) is 5.82. The third-order valence-electron chi connectivity index (χ3n) is 6.14. The monoisotopic (exact) mass is 415 g/mol. The van der Waals surface area contributed by atoms with Crippen LogP contribution in [0, 0.1) is 5.92 Å². The number of ketones is 1. The van der Waals surface area contributed by atoms with Gasteiger partial charge in [-0.05, 0) is 47.7 Å². The molecule has 0 saturated heterocycles. The largest absolute Gasteiger partial charge is 0.378 e. The quantitative estimate of drug-likeness (QED) is 0.586. The molecule has 2 aliphatic rings. The molecule has 152 valence electrons. The number of anilines is 2. The van der Waals surface area contributed by atoms with Gasteiger partial charge in [-0.25, -0.2) is 0 Å². The van der Waals surface area contributed by atoms with Crippen LogP contribution in [0.1, 0.15) is 35.2 Å². The van der Waals surface area contributed by atoms with Crippen LogP contribution in [0.3, 0.4) is 0 Å². The first-order chi connectivity index (χ1) is 14.6. The van der Waals surface area contributed by atoms with E-state index >= 15 is 0 Å². The number of aliphatic imine (C=N–C) groups is 1. The molecular weight excluding hydrogens is 390 g/mol. The lowest BCUT2D eigenvalue weighted by Gasteiger charge is -2.33. The number of carbonyl (C=O) groups excluding carboxylic acids is 1. The highest BCUT2D eigenvalue weighted by atomic mass is 32.1. The Balaban J connectivity index is 1.57. The van der Waals surface area contributed by atoms with E-state index in [0.29, 0.717) is 6.42 Å². The molecule has 3 atom stereocenters. The van der Waals surface area contributed by atoms with Gasteiger partial charge in [0.1, 0.15) is 5.78 Å². The van der Waals surface area contributed by atoms with Crippen LogP contribution in [0.4, 0.5) is 17.1 Å². The van der Waals surface area contributed by atoms with Crippen molar-refractivity contribution >= 4 is 39.9 Å². The molecule has 5 rings (SSSR count). The molecule has 1 aliphatic carbocycles. The summed E-state index contributed by atoms with van der Waals surface area (Å²) in [6.45, 7) is 0. The Morgan fingerprint density at radius 2 is 1.80 bits per heavy atom. The topological polar surface area (TPSA) is 44.7 Å². The lowest BCUT2D eigenvalue weighted by molar-refractivity contribution is -0.122. The summed E-state index contributed by atoms with van der Waals surface area (Å²) in [5.74, 6) is 0.272. The van der Waals surface area contributed by atoms with E-state index in [-0.39, 0.29) is 23.7 Å². The summed E-state index contributed by atoms with van der Waals surface area (Å²) < 4.78 is 0. The molecule has 3 aromatic rings. The van der Waals surface area contributed by atoms with Gasteiger partial charge in [-0.3, -0.25) is 9.79 Å². The van der Waals surface area contributed by atoms with Gasteiger partial charge in [0.2, 0.25) is 0 Å². The number of Topliss-reactive ketones (excluding diaryl/α,β-unsaturated/α-hetero) is 1. The van der Waals surface area contributed by atoms with E-state index in [0.717, 1.165) is 34.8 Å². The average molecular weight is 416 g/mol. The van der Waals surface area contributed by atoms with Gasteiger partial charge in [-0.1, -0.05) is 30.3 Å². The van der Waals surface area contributed by atoms with E-state index in [1.807, 2.05) is 32.3 Å². The normalized spacial score (nSPS) is 22.9. The van der Waals surface area contributed by atoms with Crippen LogP contribution in [0.25, 0.3) is 0 Å². The molecule has 30 heavy (non-hydrogen) atoms. The summed E-state index contributed by atoms with van der Waals surface area (Å²) in [6, 6.07) is 20.7. The van der Waals surface area contributed by atoms with Crippen molar-refractivity contribution < 1.29 is 4.79 Å². The van der Waals surface area contributed by atoms with Crippen molar-refractivity contribution in [1.82, 2.24) is 0 Å². The van der Waals surface area contributed by atoms with Crippen LogP contribution in [0.5, 0.6) is 0 Å². The van der Waals surface area contributed by atoms with Crippen LogP contribution >= 0.6 is 11.3 Å². The van der Waals surface area contributed by atoms with Crippen molar-refractivity contribution in [2.45, 2.75) is 24.8 Å². The molecule has 1 saturated carbocycles. The van der Waals surface area contributed by atoms with Crippen LogP contribution in [-0.2, 0) is 4.79 Å². The maximum Gasteiger partial charge on any atom is 0.144 e. The molecule has 1 fully saturated rings. The SMILES string of the molecule is CN(C)c1ccc([C@@H]2Nc3ccccc3N=C3C[C@@H](c4cccs4)CC(=O)[C@H]32)cc1. The van der Waals surface area contributed by atoms with Gasteiger partial charge in [0.15, 0.2) is 0 Å². The number of thiophene rings is 1. The van der Waals surface area contributed by atoms with E-state index in [9.17, 15) is 4.79 Å². The molecule has 1 aliphatic heterocycles. The second-order valence-corrected chi connectivity index (χ2v) is 9.27. The van der Waals surface area contributed by atoms with E-state index < -0.39 is 0 Å². The van der Waals surface area contributed by atoms with Crippen molar-refractivity contribution in [3.05, 3.63) is 76.5 Å². The molecule has 1 aromatic heterocycles. The van der Waals surface area contributed by atoms with Crippen molar-refractivity contribution in [2.75, 3.05) is 24.3 Å². The first kappa shape index (κ1) is 19.1. The van der Waals surface area contributed by atoms with Crippen molar-refractivity contribution in [3.63, 3.8) is 0 Å². The fraction of sp³-hybridized carbons (Fsp3) is 0.280. The molecule has 0 unspecified atom stereocenters. The van der Waals surface area contributed by atoms with Gasteiger partial charge >= 0.3 is 0 Å². The summed E-state index contributed by atoms with van der Waals surface area (Å²) in [5, 5.41) is 5.75. The number of nitrogens with zero attached hydrogens (tertiary/aromatic N) is 2. The summed E-state index contributed by atoms with van der Waals surface area (Å²) in [5.41, 5.74) is 5.18. The van der Waals surface area contributed by atoms with Crippen LogP contribution in [0.15, 0.2) is 71.0 Å². The molecular formula is C25H25N3OS. The zero-order chi connectivity index (χ0) is 20.7. The lowest BCUT2D eigenvalue weighted by atomic mass is 9.74. The molecule has 0 bridgehead atoms. The number of para-hydroxylation sites is 2. The van der Waals surface area contributed by atoms with Crippen LogP contribution in [-0.4, -0.2) is 25.6 Å². The standard InChI is InChI=1S/C25H25N3OS/c1-28(2)18-11-9-16(10-12-18)25-24-21(26-19-6-3-4-7-20(19)27-25)14-17(15-22(24)29)23-8-5-13-30-23/h3-13,17,24-25,27H,14-15H2,1-2H3/t17-,24+,25+/m1/s1. The molecule has 2 aromatic carbocycles. The Kier molecular flexibility index (Phi) is 4.91. The third-order valence-corrected chi connectivity index (χ3v) is 7.17. The van der Waals surface area contributed by atoms with Crippen LogP contribution in [0.2, 0.25) is 0 Å². The van der Waals surface area contributed by atoms with E-state index in [2.05, 4.69) is 58.1 Å². The smallest absolute Gasteiger partial charge is 0.144 e. The van der Waals surface area contributed by atoms with Gasteiger partial charge in [-0.15, -0.1) is 11.3 Å². The van der Waals surface area contributed by atoms with Gasteiger partial charge in [0, 0.05) is 42.7 Å². The average Bonchev–Trinajstić information content (AvgIpc) is 3.23. The number of benzene rings is 2. The molecule has 2 heterocycles. The molecule has 0 amide bonds. The summed E-state index contributed by atoms with van der Waals surface area (Å²) in [6.07, 6.45) is 1.41. The summed E-state index contributed by atoms with van der Waals surface area (Å²) in [7, 11) is 4.07. The number of fused-ring (bicyclic) bond motifs is 2. The Morgan fingerprint density at radius 1 is 1.00 bits per heavy atom. The first-order valence-corrected chi connectivity index (χ1v) is 11.2. The van der Waals surface area contributed by atoms with Crippen molar-refractivity contribution in [1.29, 1.82) is 0 Å². The summed E-state index contributed by atoms with van der Waals surface area (Å²) >= 11 is 1.74. The fourth-order valence-corrected chi connectivity index (χ4v) is 5.41. The maximum atomic E-state index is 13.5. The number of rotatable bonds is 3. The maximum absolute atomic E-state index is 13.5. The zero-order valence-electron chi connectivity index (χ0n) is 17.2. The number of carbonyl (C=O) groups is 1. The van der Waals surface area contributed by atoms with Gasteiger partial charge in [0.25, 0.3) is 0 Å². The number of hydrogen-bond donors (Lipinski definition) is 1. The van der Waals surface area contributed by atoms with E-state index in [1.165, 1.54) is 4.88 Å². The minimum absolute atomic E-state index is 0.111. The highest BCUT2D eigenvalue weighted by molar-refractivity contribution is 7.10. The van der Waals surface area contributed by atoms with Crippen molar-refractivity contribution in [2.24, 2.45) is 10.9 Å². The number of nitrogens with one attached hydrogen (secondary N) is 1. The second-order valence-electron chi connectivity index (χ2n) is 8.29. The highest BCUT2D eigenvalue weighted by Gasteiger charge is 2.41. The Bertz CT molecular complexity index is 1090. The van der Waals surface area contributed by atoms with Gasteiger partial charge in [-0.2, -0.15) is 0 Å². The molecule has 0 spiro atoms. The third kappa shape index (κ3) is 3.43. The van der Waals surface area contributed by atoms with E-state index in [1.54, 1.807) is 11.3 Å². The Morgan fingerprint density at radius 3 is 2.53 bits per heavy atom. The highest BCUT2D eigenvalue weighted by Crippen LogP contribution is 2.44. The Hall–Kier alpha value is -2.92. The van der Waals surface area contributed by atoms with E-state index in [4.69, 9.17) is 4.99 Å². The minimum Gasteiger partial charge on any atom is -0.378 e. The first-order valence-electron chi connectivity index (χ1n) is 10.4. The zero-order valence-corrected chi connectivity index (χ0v) is 18.0. The van der Waals surface area contributed by atoms with Crippen LogP contribution < -0.4 is 10.2 Å². The Labute approximate surface area is 181 Å². The van der Waals surface area contributed by atoms with Gasteiger partial charge < -0.3 is 10.2 Å². The molecule has 5 heteroatoms.